The van der Waals surface area contributed by atoms with Crippen LogP contribution in [-0.2, 0) is 18.4 Å². The van der Waals surface area contributed by atoms with Crippen molar-refractivity contribution in [3.05, 3.63) is 29.3 Å². The van der Waals surface area contributed by atoms with E-state index in [2.05, 4.69) is 16.4 Å². The molecule has 1 atom stereocenters. The minimum absolute atomic E-state index is 0.0807. The molecular formula is C11H14O4S2. The van der Waals surface area contributed by atoms with Gasteiger partial charge < -0.3 is 4.74 Å². The van der Waals surface area contributed by atoms with Crippen LogP contribution < -0.4 is 0 Å². The molecule has 94 valence electrons. The summed E-state index contributed by atoms with van der Waals surface area (Å²) in [5, 5.41) is 0. The lowest BCUT2D eigenvalue weighted by Crippen LogP contribution is -2.12. The number of aryl methyl sites for hydroxylation is 1. The van der Waals surface area contributed by atoms with Gasteiger partial charge in [-0.3, -0.25) is 4.79 Å². The molecule has 0 saturated heterocycles. The number of benzene rings is 1. The molecule has 1 rings (SSSR count). The van der Waals surface area contributed by atoms with Crippen LogP contribution in [0.25, 0.3) is 0 Å². The van der Waals surface area contributed by atoms with Crippen molar-refractivity contribution in [1.29, 1.82) is 0 Å². The Morgan fingerprint density at radius 3 is 2.47 bits per heavy atom. The highest BCUT2D eigenvalue weighted by Gasteiger charge is 2.20. The largest absolute Gasteiger partial charge is 0.469 e. The first-order chi connectivity index (χ1) is 7.77. The summed E-state index contributed by atoms with van der Waals surface area (Å²) in [6.45, 7) is 3.48. The first kappa shape index (κ1) is 14.1. The molecule has 0 amide bonds. The lowest BCUT2D eigenvalue weighted by molar-refractivity contribution is -0.142. The van der Waals surface area contributed by atoms with E-state index in [1.165, 1.54) is 19.2 Å². The lowest BCUT2D eigenvalue weighted by Gasteiger charge is -2.13. The van der Waals surface area contributed by atoms with Gasteiger partial charge in [-0.1, -0.05) is 6.07 Å². The molecule has 1 aromatic carbocycles. The molecule has 0 spiro atoms. The lowest BCUT2D eigenvalue weighted by atomic mass is 9.97. The third-order valence-corrected chi connectivity index (χ3v) is 4.05. The number of hydrogen-bond donors (Lipinski definition) is 1. The number of carbonyl (C=O) groups is 1. The Morgan fingerprint density at radius 1 is 1.41 bits per heavy atom. The highest BCUT2D eigenvalue weighted by molar-refractivity contribution is 8.63. The topological polar surface area (TPSA) is 60.4 Å². The summed E-state index contributed by atoms with van der Waals surface area (Å²) in [4.78, 5) is 11.5. The van der Waals surface area contributed by atoms with Gasteiger partial charge in [-0.05, 0) is 48.8 Å². The average Bonchev–Trinajstić information content (AvgIpc) is 2.26. The van der Waals surface area contributed by atoms with E-state index in [0.29, 0.717) is 5.56 Å². The molecule has 0 bridgehead atoms. The summed E-state index contributed by atoms with van der Waals surface area (Å²) in [5.41, 5.74) is 1.47. The molecule has 1 aromatic rings. The zero-order chi connectivity index (χ0) is 13.2. The molecule has 0 aromatic heterocycles. The number of methoxy groups -OCH3 is 1. The van der Waals surface area contributed by atoms with E-state index >= 15 is 0 Å². The van der Waals surface area contributed by atoms with Crippen LogP contribution in [0.4, 0.5) is 0 Å². The van der Waals surface area contributed by atoms with Crippen molar-refractivity contribution in [1.82, 2.24) is 0 Å². The van der Waals surface area contributed by atoms with Gasteiger partial charge in [0.25, 0.3) is 0 Å². The van der Waals surface area contributed by atoms with Gasteiger partial charge in [-0.25, -0.2) is 8.42 Å². The summed E-state index contributed by atoms with van der Waals surface area (Å²) in [6, 6.07) is 4.57. The van der Waals surface area contributed by atoms with Crippen molar-refractivity contribution in [2.75, 3.05) is 7.11 Å². The van der Waals surface area contributed by atoms with Crippen LogP contribution in [0.3, 0.4) is 0 Å². The maximum absolute atomic E-state index is 11.4. The Kier molecular flexibility index (Phi) is 4.21. The fourth-order valence-electron chi connectivity index (χ4n) is 1.55. The summed E-state index contributed by atoms with van der Waals surface area (Å²) in [6.07, 6.45) is 0. The Hall–Kier alpha value is -1.01. The van der Waals surface area contributed by atoms with Gasteiger partial charge in [0.15, 0.2) is 0 Å². The molecule has 0 aliphatic heterocycles. The van der Waals surface area contributed by atoms with Crippen LogP contribution in [0.5, 0.6) is 0 Å². The third kappa shape index (κ3) is 3.23. The van der Waals surface area contributed by atoms with E-state index in [0.717, 1.165) is 5.56 Å². The number of ether oxygens (including phenoxy) is 1. The minimum atomic E-state index is -3.57. The molecule has 0 N–H and O–H groups in total. The maximum atomic E-state index is 11.4. The van der Waals surface area contributed by atoms with Gasteiger partial charge in [-0.2, -0.15) is 0 Å². The Balaban J connectivity index is 3.29. The first-order valence-electron chi connectivity index (χ1n) is 4.93. The van der Waals surface area contributed by atoms with E-state index in [1.54, 1.807) is 13.0 Å². The summed E-state index contributed by atoms with van der Waals surface area (Å²) >= 11 is 3.52. The number of carbonyl (C=O) groups excluding carboxylic acids is 1. The van der Waals surface area contributed by atoms with Crippen molar-refractivity contribution in [3.8, 4) is 0 Å². The van der Waals surface area contributed by atoms with Crippen LogP contribution in [0.2, 0.25) is 0 Å². The van der Waals surface area contributed by atoms with Crippen molar-refractivity contribution >= 4 is 26.5 Å². The SMILES string of the molecule is COC(=O)C(C)c1cc(S(=O)(=O)S)ccc1C. The van der Waals surface area contributed by atoms with E-state index in [9.17, 15) is 13.2 Å². The number of rotatable bonds is 3. The first-order valence-corrected chi connectivity index (χ1v) is 7.46. The van der Waals surface area contributed by atoms with E-state index < -0.39 is 20.8 Å². The normalized spacial score (nSPS) is 13.2. The molecule has 6 heteroatoms. The predicted octanol–water partition coefficient (Wildman–Crippen LogP) is 1.89. The Labute approximate surface area is 106 Å². The van der Waals surface area contributed by atoms with Gasteiger partial charge in [0.05, 0.1) is 17.9 Å². The standard InChI is InChI=1S/C11H14O4S2/c1-7-4-5-9(17(13,14)16)6-10(7)8(2)11(12)15-3/h4-6,8H,1-3H3,(H,13,14,16). The van der Waals surface area contributed by atoms with Crippen LogP contribution in [-0.4, -0.2) is 21.5 Å². The summed E-state index contributed by atoms with van der Waals surface area (Å²) < 4.78 is 27.3. The maximum Gasteiger partial charge on any atom is 0.312 e. The van der Waals surface area contributed by atoms with Crippen molar-refractivity contribution in [3.63, 3.8) is 0 Å². The Morgan fingerprint density at radius 2 is 2.00 bits per heavy atom. The molecule has 1 unspecified atom stereocenters. The van der Waals surface area contributed by atoms with E-state index in [4.69, 9.17) is 0 Å². The zero-order valence-electron chi connectivity index (χ0n) is 9.80. The van der Waals surface area contributed by atoms with Crippen molar-refractivity contribution < 1.29 is 17.9 Å². The monoisotopic (exact) mass is 274 g/mol. The van der Waals surface area contributed by atoms with Crippen molar-refractivity contribution in [2.24, 2.45) is 0 Å². The molecule has 0 heterocycles. The molecule has 4 nitrogen and oxygen atoms in total. The predicted molar refractivity (Wildman–Crippen MR) is 67.8 cm³/mol. The molecule has 0 aliphatic rings. The smallest absolute Gasteiger partial charge is 0.312 e. The van der Waals surface area contributed by atoms with Gasteiger partial charge in [0.1, 0.15) is 0 Å². The molecule has 17 heavy (non-hydrogen) atoms. The molecule has 0 radical (unpaired) electrons. The molecular weight excluding hydrogens is 260 g/mol. The number of thiol groups is 1. The van der Waals surface area contributed by atoms with Crippen LogP contribution >= 0.6 is 11.7 Å². The second kappa shape index (κ2) is 5.10. The highest BCUT2D eigenvalue weighted by atomic mass is 33.1. The number of esters is 1. The second-order valence-corrected chi connectivity index (χ2v) is 6.60. The minimum Gasteiger partial charge on any atom is -0.469 e. The molecule has 0 saturated carbocycles. The second-order valence-electron chi connectivity index (χ2n) is 3.74. The summed E-state index contributed by atoms with van der Waals surface area (Å²) in [5.74, 6) is -0.906. The molecule has 0 aliphatic carbocycles. The van der Waals surface area contributed by atoms with Gasteiger partial charge >= 0.3 is 5.97 Å². The Bertz CT molecular complexity index is 534. The highest BCUT2D eigenvalue weighted by Crippen LogP contribution is 2.25. The fraction of sp³-hybridized carbons (Fsp3) is 0.364. The number of hydrogen-bond acceptors (Lipinski definition) is 4. The summed E-state index contributed by atoms with van der Waals surface area (Å²) in [7, 11) is -2.27. The van der Waals surface area contributed by atoms with Crippen LogP contribution in [0.1, 0.15) is 24.0 Å². The average molecular weight is 274 g/mol. The molecule has 0 fully saturated rings. The van der Waals surface area contributed by atoms with E-state index in [1.807, 2.05) is 6.92 Å². The third-order valence-electron chi connectivity index (χ3n) is 2.57. The zero-order valence-corrected chi connectivity index (χ0v) is 11.5. The van der Waals surface area contributed by atoms with Gasteiger partial charge in [0, 0.05) is 0 Å². The van der Waals surface area contributed by atoms with Crippen LogP contribution in [0, 0.1) is 6.92 Å². The van der Waals surface area contributed by atoms with Crippen LogP contribution in [0.15, 0.2) is 23.1 Å². The van der Waals surface area contributed by atoms with Crippen molar-refractivity contribution in [2.45, 2.75) is 24.7 Å². The van der Waals surface area contributed by atoms with Gasteiger partial charge in [0.2, 0.25) is 8.87 Å². The van der Waals surface area contributed by atoms with Gasteiger partial charge in [-0.15, -0.1) is 0 Å². The quantitative estimate of drug-likeness (QED) is 0.519. The fourth-order valence-corrected chi connectivity index (χ4v) is 2.41. The van der Waals surface area contributed by atoms with E-state index in [-0.39, 0.29) is 4.90 Å².